The Morgan fingerprint density at radius 1 is 1.02 bits per heavy atom. The smallest absolute Gasteiger partial charge is 0.258 e. The lowest BCUT2D eigenvalue weighted by atomic mass is 9.88. The number of fused-ring (bicyclic) bond motifs is 1. The van der Waals surface area contributed by atoms with Crippen molar-refractivity contribution in [3.63, 3.8) is 0 Å². The summed E-state index contributed by atoms with van der Waals surface area (Å²) in [6, 6.07) is 14.2. The first-order valence-electron chi connectivity index (χ1n) is 17.1. The topological polar surface area (TPSA) is 108 Å². The summed E-state index contributed by atoms with van der Waals surface area (Å²) in [6.07, 6.45) is 7.58. The molecule has 0 unspecified atom stereocenters. The maximum atomic E-state index is 14.3. The molecule has 2 aromatic rings. The molecular formula is C37H53N3O6. The zero-order valence-corrected chi connectivity index (χ0v) is 28.1. The number of nitrogens with zero attached hydrogens (tertiary/aromatic N) is 2. The summed E-state index contributed by atoms with van der Waals surface area (Å²) in [6.45, 7) is 6.94. The van der Waals surface area contributed by atoms with Gasteiger partial charge in [-0.15, -0.1) is 0 Å². The number of benzene rings is 2. The zero-order valence-electron chi connectivity index (χ0n) is 28.1. The van der Waals surface area contributed by atoms with Gasteiger partial charge in [-0.2, -0.15) is 0 Å². The monoisotopic (exact) mass is 635 g/mol. The van der Waals surface area contributed by atoms with Gasteiger partial charge in [0.15, 0.2) is 0 Å². The van der Waals surface area contributed by atoms with Crippen molar-refractivity contribution in [2.24, 2.45) is 11.8 Å². The van der Waals surface area contributed by atoms with Gasteiger partial charge in [0, 0.05) is 44.3 Å². The minimum Gasteiger partial charge on any atom is -0.490 e. The van der Waals surface area contributed by atoms with Crippen LogP contribution < -0.4 is 10.1 Å². The number of amides is 3. The number of aliphatic hydroxyl groups excluding tert-OH is 1. The molecule has 1 saturated carbocycles. The van der Waals surface area contributed by atoms with Crippen LogP contribution in [0.1, 0.15) is 88.1 Å². The minimum absolute atomic E-state index is 0.0698. The summed E-state index contributed by atoms with van der Waals surface area (Å²) < 4.78 is 12.7. The molecule has 46 heavy (non-hydrogen) atoms. The fraction of sp³-hybridized carbons (Fsp3) is 0.595. The van der Waals surface area contributed by atoms with Crippen molar-refractivity contribution in [3.05, 3.63) is 59.7 Å². The summed E-state index contributed by atoms with van der Waals surface area (Å²) in [7, 11) is 1.86. The zero-order chi connectivity index (χ0) is 33.1. The number of likely N-dealkylation sites (N-methyl/N-ethyl adjacent to an activating group) is 1. The number of ether oxygens (including phenoxy) is 2. The summed E-state index contributed by atoms with van der Waals surface area (Å²) in [5.74, 6) is 0.0874. The first kappa shape index (κ1) is 35.4. The Labute approximate surface area is 274 Å². The molecule has 0 aromatic heterocycles. The third-order valence-corrected chi connectivity index (χ3v) is 9.33. The van der Waals surface area contributed by atoms with E-state index in [0.29, 0.717) is 36.7 Å². The summed E-state index contributed by atoms with van der Waals surface area (Å²) in [5, 5.41) is 13.2. The standard InChI is InChI=1S/C37H53N3O6/c1-26-23-40(27(2)25-41)37(44)32-22-31(38-35(42)21-29-14-7-5-8-15-29)18-19-33(32)46-28(3)13-11-12-20-45-34(26)24-39(4)36(43)30-16-9-6-10-17-30/h5,7-8,14-15,18-19,22,26-28,30,34,41H,6,9-13,16-17,20-21,23-25H2,1-4H3,(H,38,42)/t26-,27-,28-,34-/m1/s1. The van der Waals surface area contributed by atoms with E-state index in [2.05, 4.69) is 5.32 Å². The van der Waals surface area contributed by atoms with Gasteiger partial charge in [0.25, 0.3) is 5.91 Å². The van der Waals surface area contributed by atoms with E-state index in [1.54, 1.807) is 23.1 Å². The third kappa shape index (κ3) is 10.0. The van der Waals surface area contributed by atoms with Crippen LogP contribution in [0.25, 0.3) is 0 Å². The quantitative estimate of drug-likeness (QED) is 0.385. The summed E-state index contributed by atoms with van der Waals surface area (Å²) >= 11 is 0. The molecule has 0 radical (unpaired) electrons. The Hall–Kier alpha value is -3.43. The van der Waals surface area contributed by atoms with Crippen LogP contribution in [0.4, 0.5) is 5.69 Å². The Morgan fingerprint density at radius 3 is 2.46 bits per heavy atom. The Morgan fingerprint density at radius 2 is 1.74 bits per heavy atom. The molecule has 2 aromatic carbocycles. The molecule has 9 heteroatoms. The summed E-state index contributed by atoms with van der Waals surface area (Å²) in [4.78, 5) is 44.0. The van der Waals surface area contributed by atoms with Crippen LogP contribution >= 0.6 is 0 Å². The molecule has 1 aliphatic heterocycles. The molecular weight excluding hydrogens is 582 g/mol. The van der Waals surface area contributed by atoms with Gasteiger partial charge in [-0.1, -0.05) is 56.5 Å². The highest BCUT2D eigenvalue weighted by Gasteiger charge is 2.32. The van der Waals surface area contributed by atoms with Gasteiger partial charge in [-0.25, -0.2) is 0 Å². The fourth-order valence-electron chi connectivity index (χ4n) is 6.47. The Bertz CT molecular complexity index is 1280. The lowest BCUT2D eigenvalue weighted by Gasteiger charge is -2.36. The van der Waals surface area contributed by atoms with Gasteiger partial charge in [0.1, 0.15) is 5.75 Å². The number of carbonyl (C=O) groups is 3. The van der Waals surface area contributed by atoms with Crippen LogP contribution in [0.5, 0.6) is 5.75 Å². The lowest BCUT2D eigenvalue weighted by Crippen LogP contribution is -2.48. The van der Waals surface area contributed by atoms with E-state index in [9.17, 15) is 19.5 Å². The molecule has 0 bridgehead atoms. The number of hydrogen-bond acceptors (Lipinski definition) is 6. The van der Waals surface area contributed by atoms with Crippen LogP contribution in [0.2, 0.25) is 0 Å². The number of aliphatic hydroxyl groups is 1. The molecule has 3 amide bonds. The van der Waals surface area contributed by atoms with E-state index in [0.717, 1.165) is 50.5 Å². The molecule has 1 aliphatic carbocycles. The Kier molecular flexibility index (Phi) is 13.5. The van der Waals surface area contributed by atoms with Crippen LogP contribution in [0.3, 0.4) is 0 Å². The first-order chi connectivity index (χ1) is 22.2. The van der Waals surface area contributed by atoms with Crippen LogP contribution in [0.15, 0.2) is 48.5 Å². The van der Waals surface area contributed by atoms with Crippen molar-refractivity contribution in [2.75, 3.05) is 38.7 Å². The fourth-order valence-corrected chi connectivity index (χ4v) is 6.47. The summed E-state index contributed by atoms with van der Waals surface area (Å²) in [5.41, 5.74) is 1.72. The first-order valence-corrected chi connectivity index (χ1v) is 17.1. The minimum atomic E-state index is -0.480. The van der Waals surface area contributed by atoms with E-state index in [4.69, 9.17) is 9.47 Å². The van der Waals surface area contributed by atoms with Gasteiger partial charge in [0.05, 0.1) is 36.8 Å². The normalized spacial score (nSPS) is 22.6. The second kappa shape index (κ2) is 17.5. The SMILES string of the molecule is C[C@@H]1CCCCO[C@H](CN(C)C(=O)C2CCCCC2)[C@H](C)CN([C@H](C)CO)C(=O)c2cc(NC(=O)Cc3ccccc3)ccc2O1. The molecule has 4 atom stereocenters. The third-order valence-electron chi connectivity index (χ3n) is 9.33. The molecule has 9 nitrogen and oxygen atoms in total. The predicted molar refractivity (Wildman–Crippen MR) is 180 cm³/mol. The molecule has 4 rings (SSSR count). The second-order valence-electron chi connectivity index (χ2n) is 13.3. The van der Waals surface area contributed by atoms with Crippen LogP contribution in [0, 0.1) is 11.8 Å². The van der Waals surface area contributed by atoms with Crippen molar-refractivity contribution < 1.29 is 29.0 Å². The molecule has 0 spiro atoms. The van der Waals surface area contributed by atoms with Gasteiger partial charge in [-0.05, 0) is 69.7 Å². The lowest BCUT2D eigenvalue weighted by molar-refractivity contribution is -0.138. The van der Waals surface area contributed by atoms with Crippen molar-refractivity contribution in [3.8, 4) is 5.75 Å². The van der Waals surface area contributed by atoms with Crippen molar-refractivity contribution >= 4 is 23.4 Å². The highest BCUT2D eigenvalue weighted by molar-refractivity contribution is 6.00. The highest BCUT2D eigenvalue weighted by atomic mass is 16.5. The number of hydrogen-bond donors (Lipinski definition) is 2. The molecule has 2 aliphatic rings. The van der Waals surface area contributed by atoms with Crippen molar-refractivity contribution in [1.29, 1.82) is 0 Å². The van der Waals surface area contributed by atoms with Crippen molar-refractivity contribution in [1.82, 2.24) is 9.80 Å². The van der Waals surface area contributed by atoms with E-state index in [1.165, 1.54) is 6.42 Å². The van der Waals surface area contributed by atoms with Crippen LogP contribution in [-0.4, -0.2) is 84.2 Å². The molecule has 252 valence electrons. The second-order valence-corrected chi connectivity index (χ2v) is 13.3. The average molecular weight is 636 g/mol. The maximum absolute atomic E-state index is 14.3. The van der Waals surface area contributed by atoms with E-state index < -0.39 is 6.04 Å². The molecule has 1 heterocycles. The predicted octanol–water partition coefficient (Wildman–Crippen LogP) is 5.70. The van der Waals surface area contributed by atoms with E-state index >= 15 is 0 Å². The van der Waals surface area contributed by atoms with Gasteiger partial charge in [0.2, 0.25) is 11.8 Å². The van der Waals surface area contributed by atoms with Gasteiger partial charge >= 0.3 is 0 Å². The molecule has 0 saturated heterocycles. The van der Waals surface area contributed by atoms with Gasteiger partial charge < -0.3 is 29.7 Å². The number of anilines is 1. The number of rotatable bonds is 8. The maximum Gasteiger partial charge on any atom is 0.258 e. The molecule has 2 N–H and O–H groups in total. The average Bonchev–Trinajstić information content (AvgIpc) is 3.06. The Balaban J connectivity index is 1.58. The van der Waals surface area contributed by atoms with E-state index in [1.807, 2.05) is 63.1 Å². The highest BCUT2D eigenvalue weighted by Crippen LogP contribution is 2.29. The largest absolute Gasteiger partial charge is 0.490 e. The number of carbonyl (C=O) groups excluding carboxylic acids is 3. The number of nitrogens with one attached hydrogen (secondary N) is 1. The van der Waals surface area contributed by atoms with E-state index in [-0.39, 0.29) is 54.8 Å². The van der Waals surface area contributed by atoms with Crippen molar-refractivity contribution in [2.45, 2.75) is 96.8 Å². The van der Waals surface area contributed by atoms with Crippen LogP contribution in [-0.2, 0) is 20.7 Å². The van der Waals surface area contributed by atoms with Gasteiger partial charge in [-0.3, -0.25) is 14.4 Å². The molecule has 1 fully saturated rings.